The molecular weight excluding hydrogens is 710 g/mol. The van der Waals surface area contributed by atoms with Gasteiger partial charge in [-0.15, -0.1) is 0 Å². The highest BCUT2D eigenvalue weighted by atomic mass is 79.9. The number of rotatable bonds is 4. The van der Waals surface area contributed by atoms with E-state index in [-0.39, 0.29) is 41.5 Å². The predicted molar refractivity (Wildman–Crippen MR) is 198 cm³/mol. The molecule has 1 saturated heterocycles. The van der Waals surface area contributed by atoms with Crippen molar-refractivity contribution >= 4 is 50.2 Å². The van der Waals surface area contributed by atoms with Crippen molar-refractivity contribution < 1.29 is 19.1 Å². The molecule has 5 heterocycles. The smallest absolute Gasteiger partial charge is 0.248 e. The Kier molecular flexibility index (Phi) is 10.1. The zero-order valence-corrected chi connectivity index (χ0v) is 31.5. The molecule has 12 heteroatoms. The molecule has 1 aromatic carbocycles. The monoisotopic (exact) mass is 755 g/mol. The van der Waals surface area contributed by atoms with E-state index < -0.39 is 6.04 Å². The third-order valence-corrected chi connectivity index (χ3v) is 11.7. The Morgan fingerprint density at radius 2 is 1.73 bits per heavy atom. The van der Waals surface area contributed by atoms with Crippen LogP contribution in [0.25, 0.3) is 22.0 Å². The largest absolute Gasteiger partial charge is 0.381 e. The van der Waals surface area contributed by atoms with Crippen LogP contribution in [0.4, 0.5) is 5.82 Å². The summed E-state index contributed by atoms with van der Waals surface area (Å²) in [6.45, 7) is 8.50. The zero-order chi connectivity index (χ0) is 35.9. The fourth-order valence-corrected chi connectivity index (χ4v) is 8.67. The standard InChI is InChI=1S/C39H46BrN7O4/c1-23-13-14-32(40)43-37(23)44-38(50)31-18-39-22-51-15-11-9-7-5-6-8-10-12-27-16-28(29-19-41-26(4)42-20-29)17-30-34(25(3)48)45-46(35(27)30)21-33(49)47(31)36(39)24(39)2/h13-14,16-17,19-20,24,31,36H,5-12,15,18,21-22H2,1-4H3,(H,43,44,50)/t24-,31-,36+,39+/m0/s1. The summed E-state index contributed by atoms with van der Waals surface area (Å²) in [6, 6.07) is 6.99. The molecular formula is C39H46BrN7O4. The number of anilines is 1. The molecule has 2 aliphatic heterocycles. The third kappa shape index (κ3) is 6.96. The van der Waals surface area contributed by atoms with Crippen LogP contribution in [0.5, 0.6) is 0 Å². The number of benzene rings is 1. The average Bonchev–Trinajstić information content (AvgIpc) is 3.35. The Morgan fingerprint density at radius 1 is 1.00 bits per heavy atom. The number of aryl methyl sites for hydroxylation is 3. The second-order valence-corrected chi connectivity index (χ2v) is 15.5. The Hall–Kier alpha value is -4.03. The molecule has 2 bridgehead atoms. The van der Waals surface area contributed by atoms with Gasteiger partial charge in [-0.1, -0.05) is 45.1 Å². The van der Waals surface area contributed by atoms with Crippen molar-refractivity contribution in [3.05, 3.63) is 63.9 Å². The number of amides is 2. The highest BCUT2D eigenvalue weighted by molar-refractivity contribution is 9.10. The van der Waals surface area contributed by atoms with E-state index in [1.165, 1.54) is 19.8 Å². The Bertz CT molecular complexity index is 1980. The lowest BCUT2D eigenvalue weighted by Crippen LogP contribution is -2.47. The van der Waals surface area contributed by atoms with Gasteiger partial charge in [-0.25, -0.2) is 15.0 Å². The molecule has 51 heavy (non-hydrogen) atoms. The average molecular weight is 757 g/mol. The molecule has 0 unspecified atom stereocenters. The van der Waals surface area contributed by atoms with Gasteiger partial charge in [-0.05, 0) is 96.3 Å². The number of carbonyl (C=O) groups is 3. The molecule has 2 fully saturated rings. The third-order valence-electron chi connectivity index (χ3n) is 11.2. The molecule has 3 aliphatic rings. The molecule has 268 valence electrons. The Balaban J connectivity index is 1.29. The van der Waals surface area contributed by atoms with E-state index in [1.807, 2.05) is 32.0 Å². The first-order valence-corrected chi connectivity index (χ1v) is 19.0. The second kappa shape index (κ2) is 14.5. The maximum Gasteiger partial charge on any atom is 0.248 e. The first-order valence-electron chi connectivity index (χ1n) is 18.2. The SMILES string of the molecule is CC(=O)c1nn2c3c(cc(-c4cnc(C)nc4)cc13)CCCCCCCCCOC[C@@]13C[C@@H](C(=O)Nc4nc(Br)ccc4C)N(C(=O)C2)[C@@H]1[C@@H]3C. The number of carbonyl (C=O) groups excluding carboxylic acids is 3. The molecule has 3 aromatic heterocycles. The molecule has 11 nitrogen and oxygen atoms in total. The van der Waals surface area contributed by atoms with Gasteiger partial charge in [0.2, 0.25) is 11.8 Å². The number of aromatic nitrogens is 5. The lowest BCUT2D eigenvalue weighted by Gasteiger charge is -2.28. The molecule has 1 saturated carbocycles. The van der Waals surface area contributed by atoms with Crippen molar-refractivity contribution in [2.75, 3.05) is 18.5 Å². The minimum atomic E-state index is -0.699. The number of hydrogen-bond acceptors (Lipinski definition) is 8. The number of nitrogens with zero attached hydrogens (tertiary/aromatic N) is 6. The van der Waals surface area contributed by atoms with Crippen molar-refractivity contribution in [2.24, 2.45) is 11.3 Å². The van der Waals surface area contributed by atoms with Crippen LogP contribution in [0.3, 0.4) is 0 Å². The summed E-state index contributed by atoms with van der Waals surface area (Å²) in [5.41, 5.74) is 4.44. The summed E-state index contributed by atoms with van der Waals surface area (Å²) >= 11 is 3.42. The number of hydrogen-bond donors (Lipinski definition) is 1. The number of nitrogens with one attached hydrogen (secondary N) is 1. The van der Waals surface area contributed by atoms with Crippen LogP contribution < -0.4 is 5.32 Å². The van der Waals surface area contributed by atoms with E-state index in [4.69, 9.17) is 9.84 Å². The number of halogens is 1. The first kappa shape index (κ1) is 35.4. The van der Waals surface area contributed by atoms with Crippen LogP contribution in [-0.4, -0.2) is 72.5 Å². The summed E-state index contributed by atoms with van der Waals surface area (Å²) in [5, 5.41) is 8.54. The van der Waals surface area contributed by atoms with E-state index >= 15 is 0 Å². The molecule has 0 spiro atoms. The van der Waals surface area contributed by atoms with E-state index in [2.05, 4.69) is 49.2 Å². The predicted octanol–water partition coefficient (Wildman–Crippen LogP) is 7.02. The zero-order valence-electron chi connectivity index (χ0n) is 29.9. The maximum atomic E-state index is 14.6. The summed E-state index contributed by atoms with van der Waals surface area (Å²) in [6.07, 6.45) is 12.6. The van der Waals surface area contributed by atoms with Gasteiger partial charge in [0, 0.05) is 48.3 Å². The fourth-order valence-electron chi connectivity index (χ4n) is 8.36. The van der Waals surface area contributed by atoms with Gasteiger partial charge in [0.1, 0.15) is 34.5 Å². The minimum absolute atomic E-state index is 0.0954. The van der Waals surface area contributed by atoms with Crippen molar-refractivity contribution in [1.29, 1.82) is 0 Å². The van der Waals surface area contributed by atoms with E-state index in [0.717, 1.165) is 66.3 Å². The lowest BCUT2D eigenvalue weighted by molar-refractivity contribution is -0.138. The normalized spacial score (nSPS) is 24.4. The van der Waals surface area contributed by atoms with Crippen LogP contribution in [0, 0.1) is 25.2 Å². The minimum Gasteiger partial charge on any atom is -0.381 e. The summed E-state index contributed by atoms with van der Waals surface area (Å²) < 4.78 is 8.60. The van der Waals surface area contributed by atoms with Gasteiger partial charge in [0.15, 0.2) is 5.78 Å². The molecule has 4 atom stereocenters. The summed E-state index contributed by atoms with van der Waals surface area (Å²) in [5.74, 6) is 0.683. The lowest BCUT2D eigenvalue weighted by atomic mass is 9.96. The van der Waals surface area contributed by atoms with Gasteiger partial charge >= 0.3 is 0 Å². The van der Waals surface area contributed by atoms with Gasteiger partial charge in [-0.2, -0.15) is 5.10 Å². The van der Waals surface area contributed by atoms with E-state index in [9.17, 15) is 14.4 Å². The van der Waals surface area contributed by atoms with Crippen molar-refractivity contribution in [3.63, 3.8) is 0 Å². The fraction of sp³-hybridized carbons (Fsp3) is 0.513. The van der Waals surface area contributed by atoms with E-state index in [1.54, 1.807) is 22.0 Å². The van der Waals surface area contributed by atoms with Gasteiger partial charge in [0.05, 0.1) is 12.1 Å². The highest BCUT2D eigenvalue weighted by Gasteiger charge is 2.72. The highest BCUT2D eigenvalue weighted by Crippen LogP contribution is 2.64. The quantitative estimate of drug-likeness (QED) is 0.174. The van der Waals surface area contributed by atoms with Crippen molar-refractivity contribution in [2.45, 2.75) is 104 Å². The molecule has 0 radical (unpaired) electrons. The number of Topliss-reactive ketones (excluding diaryl/α,β-unsaturated/α-hetero) is 1. The van der Waals surface area contributed by atoms with Gasteiger partial charge in [0.25, 0.3) is 0 Å². The number of ketones is 1. The first-order chi connectivity index (χ1) is 24.6. The van der Waals surface area contributed by atoms with Gasteiger partial charge < -0.3 is 15.0 Å². The van der Waals surface area contributed by atoms with Crippen LogP contribution in [-0.2, 0) is 27.3 Å². The Morgan fingerprint density at radius 3 is 2.47 bits per heavy atom. The van der Waals surface area contributed by atoms with Crippen molar-refractivity contribution in [1.82, 2.24) is 29.6 Å². The van der Waals surface area contributed by atoms with Crippen LogP contribution >= 0.6 is 15.9 Å². The topological polar surface area (TPSA) is 132 Å². The maximum absolute atomic E-state index is 14.6. The molecule has 4 aromatic rings. The molecule has 2 amide bonds. The number of pyridine rings is 1. The van der Waals surface area contributed by atoms with E-state index in [0.29, 0.717) is 47.0 Å². The van der Waals surface area contributed by atoms with Crippen LogP contribution in [0.2, 0.25) is 0 Å². The molecule has 1 aliphatic carbocycles. The second-order valence-electron chi connectivity index (χ2n) is 14.7. The summed E-state index contributed by atoms with van der Waals surface area (Å²) in [4.78, 5) is 56.9. The summed E-state index contributed by atoms with van der Waals surface area (Å²) in [7, 11) is 0. The van der Waals surface area contributed by atoms with Crippen molar-refractivity contribution in [3.8, 4) is 11.1 Å². The number of ether oxygens (including phenoxy) is 1. The Labute approximate surface area is 307 Å². The molecule has 1 N–H and O–H groups in total. The van der Waals surface area contributed by atoms with Crippen LogP contribution in [0.15, 0.2) is 41.3 Å². The van der Waals surface area contributed by atoms with Crippen LogP contribution in [0.1, 0.15) is 92.7 Å². The number of piperidine rings is 1. The molecule has 7 rings (SSSR count). The van der Waals surface area contributed by atoms with Gasteiger partial charge in [-0.3, -0.25) is 19.1 Å².